The monoisotopic (exact) mass is 418 g/mol. The van der Waals surface area contributed by atoms with Crippen LogP contribution in [-0.4, -0.2) is 20.2 Å². The molecule has 5 nitrogen and oxygen atoms in total. The average molecular weight is 419 g/mol. The van der Waals surface area contributed by atoms with E-state index in [1.165, 1.54) is 24.3 Å². The molecule has 2 N–H and O–H groups in total. The molecule has 0 spiro atoms. The zero-order valence-corrected chi connectivity index (χ0v) is 16.1. The first-order valence-electron chi connectivity index (χ1n) is 8.23. The molecule has 1 amide bonds. The number of anilines is 2. The number of carbonyl (C=O) groups excluding carboxylic acids is 1. The van der Waals surface area contributed by atoms with Gasteiger partial charge in [0.25, 0.3) is 5.91 Å². The van der Waals surface area contributed by atoms with E-state index in [1.54, 1.807) is 42.5 Å². The van der Waals surface area contributed by atoms with Crippen LogP contribution >= 0.6 is 11.6 Å². The molecule has 0 saturated carbocycles. The molecule has 28 heavy (non-hydrogen) atoms. The Kier molecular flexibility index (Phi) is 5.96. The number of rotatable bonds is 6. The number of nitrogens with one attached hydrogen (secondary N) is 2. The average Bonchev–Trinajstić information content (AvgIpc) is 2.70. The second-order valence-electron chi connectivity index (χ2n) is 5.91. The molecule has 0 atom stereocenters. The van der Waals surface area contributed by atoms with Crippen molar-refractivity contribution in [2.24, 2.45) is 0 Å². The lowest BCUT2D eigenvalue weighted by Crippen LogP contribution is -2.15. The summed E-state index contributed by atoms with van der Waals surface area (Å²) < 4.78 is 37.7. The molecule has 3 aromatic carbocycles. The summed E-state index contributed by atoms with van der Waals surface area (Å²) in [4.78, 5) is 12.5. The van der Waals surface area contributed by atoms with E-state index in [0.29, 0.717) is 16.9 Å². The van der Waals surface area contributed by atoms with Crippen molar-refractivity contribution in [3.8, 4) is 0 Å². The summed E-state index contributed by atoms with van der Waals surface area (Å²) in [6.07, 6.45) is 0. The van der Waals surface area contributed by atoms with Crippen molar-refractivity contribution in [3.63, 3.8) is 0 Å². The zero-order chi connectivity index (χ0) is 20.1. The smallest absolute Gasteiger partial charge is 0.255 e. The number of carbonyl (C=O) groups is 1. The summed E-state index contributed by atoms with van der Waals surface area (Å²) in [5.74, 6) is -1.23. The molecule has 8 heteroatoms. The number of amides is 1. The number of hydrogen-bond acceptors (Lipinski definition) is 4. The van der Waals surface area contributed by atoms with Crippen LogP contribution < -0.4 is 10.6 Å². The maximum Gasteiger partial charge on any atom is 0.255 e. The quantitative estimate of drug-likeness (QED) is 0.614. The molecule has 0 aliphatic rings. The maximum atomic E-state index is 13.2. The first kappa shape index (κ1) is 19.9. The fourth-order valence-electron chi connectivity index (χ4n) is 2.41. The highest BCUT2D eigenvalue weighted by atomic mass is 35.5. The summed E-state index contributed by atoms with van der Waals surface area (Å²) in [7, 11) is -3.47. The van der Waals surface area contributed by atoms with Gasteiger partial charge in [-0.1, -0.05) is 29.8 Å². The second kappa shape index (κ2) is 8.41. The molecule has 0 radical (unpaired) electrons. The Labute approximate surface area is 167 Å². The summed E-state index contributed by atoms with van der Waals surface area (Å²) in [5.41, 5.74) is 1.28. The predicted octanol–water partition coefficient (Wildman–Crippen LogP) is 4.57. The van der Waals surface area contributed by atoms with Gasteiger partial charge in [-0.25, -0.2) is 12.8 Å². The van der Waals surface area contributed by atoms with Crippen molar-refractivity contribution in [2.45, 2.75) is 4.90 Å². The van der Waals surface area contributed by atoms with Gasteiger partial charge in [-0.2, -0.15) is 0 Å². The minimum atomic E-state index is -3.47. The Bertz CT molecular complexity index is 1090. The predicted molar refractivity (Wildman–Crippen MR) is 108 cm³/mol. The lowest BCUT2D eigenvalue weighted by atomic mass is 10.2. The van der Waals surface area contributed by atoms with E-state index in [9.17, 15) is 17.6 Å². The van der Waals surface area contributed by atoms with E-state index in [4.69, 9.17) is 11.6 Å². The summed E-state index contributed by atoms with van der Waals surface area (Å²) >= 11 is 5.70. The van der Waals surface area contributed by atoms with Crippen molar-refractivity contribution < 1.29 is 17.6 Å². The topological polar surface area (TPSA) is 75.3 Å². The molecule has 3 rings (SSSR count). The molecule has 0 saturated heterocycles. The number of halogens is 2. The van der Waals surface area contributed by atoms with E-state index < -0.39 is 21.6 Å². The standard InChI is InChI=1S/C20H16ClFN2O3S/c21-18-12-16(10-11-19(18)22)24-20(25)14-6-8-15(9-7-14)23-13-28(26,27)17-4-2-1-3-5-17/h1-12,23H,13H2,(H,24,25). The molecular formula is C20H16ClFN2O3S. The van der Waals surface area contributed by atoms with Crippen LogP contribution in [0.25, 0.3) is 0 Å². The normalized spacial score (nSPS) is 11.1. The van der Waals surface area contributed by atoms with Gasteiger partial charge in [0.1, 0.15) is 11.7 Å². The Morgan fingerprint density at radius 3 is 2.21 bits per heavy atom. The third-order valence-electron chi connectivity index (χ3n) is 3.89. The van der Waals surface area contributed by atoms with Gasteiger partial charge in [0, 0.05) is 16.9 Å². The molecule has 3 aromatic rings. The van der Waals surface area contributed by atoms with E-state index in [2.05, 4.69) is 10.6 Å². The molecule has 0 aliphatic heterocycles. The molecule has 0 unspecified atom stereocenters. The van der Waals surface area contributed by atoms with Gasteiger partial charge in [-0.3, -0.25) is 4.79 Å². The third kappa shape index (κ3) is 4.88. The third-order valence-corrected chi connectivity index (χ3v) is 5.70. The Morgan fingerprint density at radius 2 is 1.57 bits per heavy atom. The lowest BCUT2D eigenvalue weighted by molar-refractivity contribution is 0.102. The van der Waals surface area contributed by atoms with Crippen molar-refractivity contribution in [1.82, 2.24) is 0 Å². The van der Waals surface area contributed by atoms with E-state index in [1.807, 2.05) is 0 Å². The number of benzene rings is 3. The largest absolute Gasteiger partial charge is 0.371 e. The van der Waals surface area contributed by atoms with Crippen molar-refractivity contribution in [3.05, 3.63) is 89.2 Å². The van der Waals surface area contributed by atoms with Gasteiger partial charge >= 0.3 is 0 Å². The minimum absolute atomic E-state index is 0.0861. The van der Waals surface area contributed by atoms with Gasteiger partial charge < -0.3 is 10.6 Å². The molecule has 0 aromatic heterocycles. The summed E-state index contributed by atoms with van der Waals surface area (Å²) in [6.45, 7) is 0. The van der Waals surface area contributed by atoms with Crippen LogP contribution in [-0.2, 0) is 9.84 Å². The van der Waals surface area contributed by atoms with Crippen LogP contribution in [0.1, 0.15) is 10.4 Å². The summed E-state index contributed by atoms with van der Waals surface area (Å²) in [5, 5.41) is 5.37. The lowest BCUT2D eigenvalue weighted by Gasteiger charge is -2.09. The van der Waals surface area contributed by atoms with Crippen molar-refractivity contribution in [2.75, 3.05) is 16.5 Å². The van der Waals surface area contributed by atoms with Crippen LogP contribution in [0, 0.1) is 5.82 Å². The number of hydrogen-bond donors (Lipinski definition) is 2. The highest BCUT2D eigenvalue weighted by Crippen LogP contribution is 2.20. The zero-order valence-electron chi connectivity index (χ0n) is 14.5. The molecule has 0 aliphatic carbocycles. The van der Waals surface area contributed by atoms with E-state index >= 15 is 0 Å². The second-order valence-corrected chi connectivity index (χ2v) is 8.31. The molecule has 0 fully saturated rings. The molecule has 144 valence electrons. The van der Waals surface area contributed by atoms with Gasteiger partial charge in [-0.05, 0) is 54.6 Å². The molecule has 0 bridgehead atoms. The van der Waals surface area contributed by atoms with Crippen LogP contribution in [0.2, 0.25) is 5.02 Å². The van der Waals surface area contributed by atoms with Gasteiger partial charge in [0.2, 0.25) is 0 Å². The van der Waals surface area contributed by atoms with Crippen molar-refractivity contribution >= 4 is 38.7 Å². The highest BCUT2D eigenvalue weighted by Gasteiger charge is 2.13. The first-order chi connectivity index (χ1) is 13.3. The maximum absolute atomic E-state index is 13.2. The SMILES string of the molecule is O=C(Nc1ccc(F)c(Cl)c1)c1ccc(NCS(=O)(=O)c2ccccc2)cc1. The van der Waals surface area contributed by atoms with Gasteiger partial charge in [0.05, 0.1) is 9.92 Å². The summed E-state index contributed by atoms with van der Waals surface area (Å²) in [6, 6.07) is 18.3. The van der Waals surface area contributed by atoms with Crippen LogP contribution in [0.3, 0.4) is 0 Å². The Hall–Kier alpha value is -2.90. The Balaban J connectivity index is 1.63. The van der Waals surface area contributed by atoms with E-state index in [-0.39, 0.29) is 15.8 Å². The van der Waals surface area contributed by atoms with Crippen LogP contribution in [0.4, 0.5) is 15.8 Å². The van der Waals surface area contributed by atoms with Crippen LogP contribution in [0.15, 0.2) is 77.7 Å². The highest BCUT2D eigenvalue weighted by molar-refractivity contribution is 7.91. The molecule has 0 heterocycles. The number of sulfone groups is 1. The first-order valence-corrected chi connectivity index (χ1v) is 10.3. The fraction of sp³-hybridized carbons (Fsp3) is 0.0500. The van der Waals surface area contributed by atoms with Gasteiger partial charge in [0.15, 0.2) is 9.84 Å². The minimum Gasteiger partial charge on any atom is -0.371 e. The van der Waals surface area contributed by atoms with E-state index in [0.717, 1.165) is 6.07 Å². The van der Waals surface area contributed by atoms with Crippen molar-refractivity contribution in [1.29, 1.82) is 0 Å². The van der Waals surface area contributed by atoms with Crippen LogP contribution in [0.5, 0.6) is 0 Å². The molecular weight excluding hydrogens is 403 g/mol. The Morgan fingerprint density at radius 1 is 0.929 bits per heavy atom. The fourth-order valence-corrected chi connectivity index (χ4v) is 3.68. The van der Waals surface area contributed by atoms with Gasteiger partial charge in [-0.15, -0.1) is 0 Å².